The smallest absolute Gasteiger partial charge is 0.229 e. The van der Waals surface area contributed by atoms with Gasteiger partial charge in [0.05, 0.1) is 12.2 Å². The predicted octanol–water partition coefficient (Wildman–Crippen LogP) is 4.35. The second kappa shape index (κ2) is 9.28. The monoisotopic (exact) mass is 387 g/mol. The maximum atomic E-state index is 12.8. The Morgan fingerprint density at radius 2 is 1.52 bits per heavy atom. The molecule has 4 nitrogen and oxygen atoms in total. The van der Waals surface area contributed by atoms with Gasteiger partial charge in [-0.25, -0.2) is 0 Å². The van der Waals surface area contributed by atoms with Gasteiger partial charge < -0.3 is 4.90 Å². The van der Waals surface area contributed by atoms with Gasteiger partial charge in [0.1, 0.15) is 0 Å². The van der Waals surface area contributed by atoms with Crippen molar-refractivity contribution >= 4 is 17.4 Å². The number of pyridine rings is 1. The average molecular weight is 388 g/mol. The number of aromatic nitrogens is 1. The molecule has 0 fully saturated rings. The fraction of sp³-hybridized carbons (Fsp3) is 0.240. The van der Waals surface area contributed by atoms with Crippen molar-refractivity contribution in [2.45, 2.75) is 33.9 Å². The highest BCUT2D eigenvalue weighted by Gasteiger charge is 2.20. The Hall–Kier alpha value is -3.27. The van der Waals surface area contributed by atoms with Crippen molar-refractivity contribution in [1.82, 2.24) is 0 Å². The van der Waals surface area contributed by atoms with E-state index in [2.05, 4.69) is 0 Å². The summed E-state index contributed by atoms with van der Waals surface area (Å²) in [7, 11) is 0. The molecular weight excluding hydrogens is 360 g/mol. The van der Waals surface area contributed by atoms with E-state index >= 15 is 0 Å². The fourth-order valence-corrected chi connectivity index (χ4v) is 3.11. The van der Waals surface area contributed by atoms with Gasteiger partial charge in [-0.1, -0.05) is 74.0 Å². The second-order valence-corrected chi connectivity index (χ2v) is 7.58. The van der Waals surface area contributed by atoms with Gasteiger partial charge in [-0.2, -0.15) is 4.57 Å². The third-order valence-corrected chi connectivity index (χ3v) is 4.83. The van der Waals surface area contributed by atoms with Crippen LogP contribution in [0.5, 0.6) is 0 Å². The van der Waals surface area contributed by atoms with Crippen molar-refractivity contribution < 1.29 is 14.2 Å². The molecule has 0 saturated heterocycles. The SMILES string of the molecule is Cc1ccc(C(=O)C[n+]2ccc(N(Cc3ccccc3)C(=O)C(C)C)cc2)cc1. The van der Waals surface area contributed by atoms with E-state index < -0.39 is 0 Å². The molecule has 0 spiro atoms. The minimum atomic E-state index is -0.103. The van der Waals surface area contributed by atoms with E-state index in [0.717, 1.165) is 16.8 Å². The molecule has 0 saturated carbocycles. The normalized spacial score (nSPS) is 10.8. The molecule has 0 atom stereocenters. The summed E-state index contributed by atoms with van der Waals surface area (Å²) in [6, 6.07) is 21.3. The molecule has 2 aromatic carbocycles. The molecule has 0 aliphatic heterocycles. The van der Waals surface area contributed by atoms with Gasteiger partial charge in [-0.05, 0) is 12.5 Å². The van der Waals surface area contributed by atoms with E-state index in [1.165, 1.54) is 0 Å². The summed E-state index contributed by atoms with van der Waals surface area (Å²) in [5, 5.41) is 0. The number of nitrogens with zero attached hydrogens (tertiary/aromatic N) is 2. The summed E-state index contributed by atoms with van der Waals surface area (Å²) in [5.74, 6) is 0.0265. The van der Waals surface area contributed by atoms with Crippen molar-refractivity contribution in [3.63, 3.8) is 0 Å². The van der Waals surface area contributed by atoms with Crippen LogP contribution in [0.15, 0.2) is 79.1 Å². The Bertz CT molecular complexity index is 962. The van der Waals surface area contributed by atoms with Gasteiger partial charge in [0.25, 0.3) is 0 Å². The number of hydrogen-bond acceptors (Lipinski definition) is 2. The number of carbonyl (C=O) groups excluding carboxylic acids is 2. The van der Waals surface area contributed by atoms with Crippen LogP contribution in [-0.4, -0.2) is 11.7 Å². The number of benzene rings is 2. The second-order valence-electron chi connectivity index (χ2n) is 7.58. The Morgan fingerprint density at radius 1 is 0.897 bits per heavy atom. The Kier molecular flexibility index (Phi) is 6.55. The molecule has 3 aromatic rings. The summed E-state index contributed by atoms with van der Waals surface area (Å²) in [4.78, 5) is 27.1. The molecule has 29 heavy (non-hydrogen) atoms. The van der Waals surface area contributed by atoms with Crippen molar-refractivity contribution in [3.05, 3.63) is 95.8 Å². The largest absolute Gasteiger partial charge is 0.307 e. The standard InChI is InChI=1S/C25H27N2O2/c1-19(2)25(29)27(17-21-7-5-4-6-8-21)23-13-15-26(16-14-23)18-24(28)22-11-9-20(3)10-12-22/h4-16,19H,17-18H2,1-3H3/q+1. The molecular formula is C25H27N2O2+. The maximum Gasteiger partial charge on any atom is 0.229 e. The minimum absolute atomic E-state index is 0.0575. The molecule has 1 aromatic heterocycles. The maximum absolute atomic E-state index is 12.8. The Balaban J connectivity index is 1.77. The number of amides is 1. The average Bonchev–Trinajstić information content (AvgIpc) is 2.73. The van der Waals surface area contributed by atoms with Crippen LogP contribution in [0.3, 0.4) is 0 Å². The molecule has 0 N–H and O–H groups in total. The zero-order valence-electron chi connectivity index (χ0n) is 17.2. The van der Waals surface area contributed by atoms with E-state index in [1.807, 2.05) is 104 Å². The van der Waals surface area contributed by atoms with E-state index in [-0.39, 0.29) is 24.2 Å². The van der Waals surface area contributed by atoms with E-state index in [1.54, 1.807) is 4.90 Å². The lowest BCUT2D eigenvalue weighted by molar-refractivity contribution is -0.683. The molecule has 0 aliphatic rings. The fourth-order valence-electron chi connectivity index (χ4n) is 3.11. The van der Waals surface area contributed by atoms with Crippen LogP contribution in [0.25, 0.3) is 0 Å². The molecule has 1 amide bonds. The first-order valence-corrected chi connectivity index (χ1v) is 9.88. The van der Waals surface area contributed by atoms with Gasteiger partial charge in [-0.3, -0.25) is 9.59 Å². The van der Waals surface area contributed by atoms with Crippen molar-refractivity contribution in [2.75, 3.05) is 4.90 Å². The summed E-state index contributed by atoms with van der Waals surface area (Å²) < 4.78 is 1.84. The summed E-state index contributed by atoms with van der Waals surface area (Å²) >= 11 is 0. The van der Waals surface area contributed by atoms with Crippen molar-refractivity contribution in [1.29, 1.82) is 0 Å². The van der Waals surface area contributed by atoms with Crippen molar-refractivity contribution in [2.24, 2.45) is 5.92 Å². The third-order valence-electron chi connectivity index (χ3n) is 4.83. The van der Waals surface area contributed by atoms with Crippen LogP contribution in [0.2, 0.25) is 0 Å². The predicted molar refractivity (Wildman–Crippen MR) is 115 cm³/mol. The molecule has 3 rings (SSSR count). The lowest BCUT2D eigenvalue weighted by atomic mass is 10.1. The molecule has 0 unspecified atom stereocenters. The van der Waals surface area contributed by atoms with Gasteiger partial charge in [0.2, 0.25) is 18.2 Å². The van der Waals surface area contributed by atoms with Gasteiger partial charge in [-0.15, -0.1) is 0 Å². The number of hydrogen-bond donors (Lipinski definition) is 0. The zero-order valence-corrected chi connectivity index (χ0v) is 17.2. The van der Waals surface area contributed by atoms with Crippen LogP contribution in [0.1, 0.15) is 35.3 Å². The topological polar surface area (TPSA) is 41.3 Å². The lowest BCUT2D eigenvalue weighted by Crippen LogP contribution is -2.38. The van der Waals surface area contributed by atoms with Crippen LogP contribution >= 0.6 is 0 Å². The quantitative estimate of drug-likeness (QED) is 0.447. The highest BCUT2D eigenvalue weighted by Crippen LogP contribution is 2.19. The van der Waals surface area contributed by atoms with Crippen LogP contribution in [0, 0.1) is 12.8 Å². The number of anilines is 1. The molecule has 1 heterocycles. The van der Waals surface area contributed by atoms with Gasteiger partial charge in [0, 0.05) is 23.6 Å². The molecule has 0 radical (unpaired) electrons. The van der Waals surface area contributed by atoms with Crippen molar-refractivity contribution in [3.8, 4) is 0 Å². The third kappa shape index (κ3) is 5.38. The molecule has 0 bridgehead atoms. The Morgan fingerprint density at radius 3 is 2.10 bits per heavy atom. The first-order chi connectivity index (χ1) is 13.9. The van der Waals surface area contributed by atoms with Crippen LogP contribution in [0.4, 0.5) is 5.69 Å². The first kappa shape index (κ1) is 20.5. The van der Waals surface area contributed by atoms with E-state index in [9.17, 15) is 9.59 Å². The summed E-state index contributed by atoms with van der Waals surface area (Å²) in [5.41, 5.74) is 3.74. The van der Waals surface area contributed by atoms with Crippen LogP contribution in [-0.2, 0) is 17.9 Å². The Labute approximate surface area is 172 Å². The molecule has 148 valence electrons. The molecule has 0 aliphatic carbocycles. The number of rotatable bonds is 7. The number of Topliss-reactive ketones (excluding diaryl/α,β-unsaturated/α-hetero) is 1. The van der Waals surface area contributed by atoms with Gasteiger partial charge >= 0.3 is 0 Å². The highest BCUT2D eigenvalue weighted by atomic mass is 16.2. The van der Waals surface area contributed by atoms with E-state index in [4.69, 9.17) is 0 Å². The molecule has 4 heteroatoms. The van der Waals surface area contributed by atoms with E-state index in [0.29, 0.717) is 12.1 Å². The zero-order chi connectivity index (χ0) is 20.8. The first-order valence-electron chi connectivity index (χ1n) is 9.88. The number of aryl methyl sites for hydroxylation is 1. The minimum Gasteiger partial charge on any atom is -0.307 e. The number of ketones is 1. The summed E-state index contributed by atoms with van der Waals surface area (Å²) in [6.07, 6.45) is 3.71. The van der Waals surface area contributed by atoms with Gasteiger partial charge in [0.15, 0.2) is 12.4 Å². The lowest BCUT2D eigenvalue weighted by Gasteiger charge is -2.24. The highest BCUT2D eigenvalue weighted by molar-refractivity contribution is 5.95. The van der Waals surface area contributed by atoms with Crippen LogP contribution < -0.4 is 9.47 Å². The summed E-state index contributed by atoms with van der Waals surface area (Å²) in [6.45, 7) is 6.60. The number of carbonyl (C=O) groups is 2.